The molecule has 7 nitrogen and oxygen atoms in total. The molecule has 106 valence electrons. The molecule has 2 amide bonds. The molecule has 0 saturated heterocycles. The van der Waals surface area contributed by atoms with Gasteiger partial charge in [0.15, 0.2) is 5.69 Å². The van der Waals surface area contributed by atoms with Gasteiger partial charge in [-0.1, -0.05) is 0 Å². The smallest absolute Gasteiger partial charge is 0.276 e. The first-order valence-corrected chi connectivity index (χ1v) is 6.25. The number of aryl methyl sites for hydroxylation is 1. The van der Waals surface area contributed by atoms with Crippen LogP contribution in [0.4, 0.5) is 5.69 Å². The molecule has 0 aliphatic rings. The molecule has 0 aliphatic carbocycles. The van der Waals surface area contributed by atoms with E-state index in [9.17, 15) is 9.59 Å². The summed E-state index contributed by atoms with van der Waals surface area (Å²) in [4.78, 5) is 25.3. The number of H-pyrrole nitrogens is 1. The number of likely N-dealkylation sites (N-methyl/N-ethyl adjacent to an activating group) is 1. The van der Waals surface area contributed by atoms with E-state index in [2.05, 4.69) is 15.5 Å². The second-order valence-corrected chi connectivity index (χ2v) is 4.65. The lowest BCUT2D eigenvalue weighted by molar-refractivity contribution is -0.122. The van der Waals surface area contributed by atoms with Crippen LogP contribution in [0.5, 0.6) is 0 Å². The number of hydrogen-bond acceptors (Lipinski definition) is 4. The third-order valence-electron chi connectivity index (χ3n) is 2.65. The second kappa shape index (κ2) is 6.21. The maximum Gasteiger partial charge on any atom is 0.276 e. The van der Waals surface area contributed by atoms with Crippen molar-refractivity contribution in [2.45, 2.75) is 33.7 Å². The van der Waals surface area contributed by atoms with Crippen LogP contribution in [0.2, 0.25) is 0 Å². The molecule has 1 heterocycles. The number of rotatable bonds is 5. The molecule has 0 aliphatic heterocycles. The number of anilines is 1. The normalized spacial score (nSPS) is 10.6. The standard InChI is InChI=1S/C12H21N5O2/c1-5-17(6-9(18)14-7(2)3)12(19)11-10(13)8(4)15-16-11/h7H,5-6,13H2,1-4H3,(H,14,18)(H,15,16). The van der Waals surface area contributed by atoms with Gasteiger partial charge in [0.05, 0.1) is 17.9 Å². The number of amides is 2. The van der Waals surface area contributed by atoms with E-state index in [1.54, 1.807) is 13.8 Å². The molecule has 0 atom stereocenters. The summed E-state index contributed by atoms with van der Waals surface area (Å²) in [5, 5.41) is 9.28. The average Bonchev–Trinajstić information content (AvgIpc) is 2.65. The van der Waals surface area contributed by atoms with Crippen LogP contribution in [0.1, 0.15) is 37.0 Å². The Balaban J connectivity index is 2.77. The lowest BCUT2D eigenvalue weighted by Gasteiger charge is -2.20. The quantitative estimate of drug-likeness (QED) is 0.713. The predicted octanol–water partition coefficient (Wildman–Crippen LogP) is 0.287. The highest BCUT2D eigenvalue weighted by Crippen LogP contribution is 2.14. The Hall–Kier alpha value is -2.05. The molecule has 19 heavy (non-hydrogen) atoms. The van der Waals surface area contributed by atoms with Crippen LogP contribution in [-0.2, 0) is 4.79 Å². The van der Waals surface area contributed by atoms with Crippen LogP contribution in [0, 0.1) is 6.92 Å². The van der Waals surface area contributed by atoms with Crippen LogP contribution >= 0.6 is 0 Å². The van der Waals surface area contributed by atoms with E-state index in [-0.39, 0.29) is 30.1 Å². The summed E-state index contributed by atoms with van der Waals surface area (Å²) < 4.78 is 0. The zero-order valence-corrected chi connectivity index (χ0v) is 11.8. The molecular formula is C12H21N5O2. The molecule has 0 spiro atoms. The topological polar surface area (TPSA) is 104 Å². The fourth-order valence-corrected chi connectivity index (χ4v) is 1.62. The molecule has 1 aromatic rings. The maximum absolute atomic E-state index is 12.2. The Labute approximate surface area is 112 Å². The van der Waals surface area contributed by atoms with Gasteiger partial charge in [-0.2, -0.15) is 5.10 Å². The minimum atomic E-state index is -0.344. The Bertz CT molecular complexity index is 467. The number of nitrogens with two attached hydrogens (primary N) is 1. The van der Waals surface area contributed by atoms with Crippen molar-refractivity contribution in [1.82, 2.24) is 20.4 Å². The number of nitrogen functional groups attached to an aromatic ring is 1. The van der Waals surface area contributed by atoms with E-state index in [1.807, 2.05) is 13.8 Å². The number of nitrogens with one attached hydrogen (secondary N) is 2. The molecule has 0 saturated carbocycles. The summed E-state index contributed by atoms with van der Waals surface area (Å²) in [5.41, 5.74) is 6.90. The molecule has 0 unspecified atom stereocenters. The molecule has 0 bridgehead atoms. The van der Waals surface area contributed by atoms with E-state index in [0.717, 1.165) is 0 Å². The third kappa shape index (κ3) is 3.70. The Morgan fingerprint density at radius 2 is 2.11 bits per heavy atom. The van der Waals surface area contributed by atoms with Crippen molar-refractivity contribution in [2.75, 3.05) is 18.8 Å². The van der Waals surface area contributed by atoms with Crippen LogP contribution in [0.15, 0.2) is 0 Å². The van der Waals surface area contributed by atoms with E-state index in [1.165, 1.54) is 4.90 Å². The van der Waals surface area contributed by atoms with Crippen LogP contribution < -0.4 is 11.1 Å². The van der Waals surface area contributed by atoms with Gasteiger partial charge >= 0.3 is 0 Å². The van der Waals surface area contributed by atoms with Gasteiger partial charge in [-0.05, 0) is 27.7 Å². The van der Waals surface area contributed by atoms with Crippen molar-refractivity contribution >= 4 is 17.5 Å². The van der Waals surface area contributed by atoms with Gasteiger partial charge in [0.1, 0.15) is 0 Å². The Morgan fingerprint density at radius 1 is 1.47 bits per heavy atom. The van der Waals surface area contributed by atoms with Gasteiger partial charge in [0.2, 0.25) is 5.91 Å². The highest BCUT2D eigenvalue weighted by atomic mass is 16.2. The van der Waals surface area contributed by atoms with Gasteiger partial charge in [0.25, 0.3) is 5.91 Å². The second-order valence-electron chi connectivity index (χ2n) is 4.65. The lowest BCUT2D eigenvalue weighted by atomic mass is 10.2. The minimum Gasteiger partial charge on any atom is -0.395 e. The molecule has 0 aromatic carbocycles. The molecule has 1 aromatic heterocycles. The third-order valence-corrected chi connectivity index (χ3v) is 2.65. The van der Waals surface area contributed by atoms with Gasteiger partial charge in [-0.15, -0.1) is 0 Å². The minimum absolute atomic E-state index is 0.00113. The van der Waals surface area contributed by atoms with E-state index in [0.29, 0.717) is 17.9 Å². The van der Waals surface area contributed by atoms with Crippen molar-refractivity contribution in [2.24, 2.45) is 0 Å². The molecule has 0 fully saturated rings. The molecule has 7 heteroatoms. The summed E-state index contributed by atoms with van der Waals surface area (Å²) in [7, 11) is 0. The number of carbonyl (C=O) groups excluding carboxylic acids is 2. The van der Waals surface area contributed by atoms with Crippen molar-refractivity contribution < 1.29 is 9.59 Å². The van der Waals surface area contributed by atoms with Crippen molar-refractivity contribution in [3.05, 3.63) is 11.4 Å². The Kier molecular flexibility index (Phi) is 4.91. The number of aromatic amines is 1. The Morgan fingerprint density at radius 3 is 2.53 bits per heavy atom. The number of aromatic nitrogens is 2. The monoisotopic (exact) mass is 267 g/mol. The van der Waals surface area contributed by atoms with Crippen molar-refractivity contribution in [1.29, 1.82) is 0 Å². The van der Waals surface area contributed by atoms with Crippen LogP contribution in [0.3, 0.4) is 0 Å². The van der Waals surface area contributed by atoms with Gasteiger partial charge in [-0.3, -0.25) is 14.7 Å². The first-order chi connectivity index (χ1) is 8.86. The highest BCUT2D eigenvalue weighted by Gasteiger charge is 2.22. The van der Waals surface area contributed by atoms with Crippen LogP contribution in [-0.4, -0.2) is 46.0 Å². The average molecular weight is 267 g/mol. The van der Waals surface area contributed by atoms with Crippen LogP contribution in [0.25, 0.3) is 0 Å². The fourth-order valence-electron chi connectivity index (χ4n) is 1.62. The first kappa shape index (κ1) is 15.0. The zero-order chi connectivity index (χ0) is 14.6. The predicted molar refractivity (Wildman–Crippen MR) is 72.6 cm³/mol. The molecule has 1 rings (SSSR count). The highest BCUT2D eigenvalue weighted by molar-refractivity contribution is 5.99. The van der Waals surface area contributed by atoms with Gasteiger partial charge in [0, 0.05) is 12.6 Å². The van der Waals surface area contributed by atoms with Gasteiger partial charge in [-0.25, -0.2) is 0 Å². The lowest BCUT2D eigenvalue weighted by Crippen LogP contribution is -2.42. The fraction of sp³-hybridized carbons (Fsp3) is 0.583. The number of carbonyl (C=O) groups is 2. The zero-order valence-electron chi connectivity index (χ0n) is 11.8. The number of nitrogens with zero attached hydrogens (tertiary/aromatic N) is 2. The van der Waals surface area contributed by atoms with Gasteiger partial charge < -0.3 is 16.0 Å². The summed E-state index contributed by atoms with van der Waals surface area (Å²) in [6, 6.07) is 0.0407. The van der Waals surface area contributed by atoms with E-state index >= 15 is 0 Å². The summed E-state index contributed by atoms with van der Waals surface area (Å²) in [6.07, 6.45) is 0. The first-order valence-electron chi connectivity index (χ1n) is 6.25. The summed E-state index contributed by atoms with van der Waals surface area (Å²) >= 11 is 0. The largest absolute Gasteiger partial charge is 0.395 e. The van der Waals surface area contributed by atoms with Crippen molar-refractivity contribution in [3.63, 3.8) is 0 Å². The summed E-state index contributed by atoms with van der Waals surface area (Å²) in [6.45, 7) is 7.68. The molecule has 4 N–H and O–H groups in total. The summed E-state index contributed by atoms with van der Waals surface area (Å²) in [5.74, 6) is -0.542. The van der Waals surface area contributed by atoms with Crippen molar-refractivity contribution in [3.8, 4) is 0 Å². The molecule has 0 radical (unpaired) electrons. The van der Waals surface area contributed by atoms with E-state index in [4.69, 9.17) is 5.73 Å². The van der Waals surface area contributed by atoms with E-state index < -0.39 is 0 Å². The SMILES string of the molecule is CCN(CC(=O)NC(C)C)C(=O)c1n[nH]c(C)c1N. The molecular weight excluding hydrogens is 246 g/mol. The maximum atomic E-state index is 12.2. The number of hydrogen-bond donors (Lipinski definition) is 3.